The maximum Gasteiger partial charge on any atom is 0.282 e. The molecule has 0 aromatic heterocycles. The number of hydrogen-bond donors (Lipinski definition) is 0. The molecule has 23 heavy (non-hydrogen) atoms. The summed E-state index contributed by atoms with van der Waals surface area (Å²) < 4.78 is 28.5. The van der Waals surface area contributed by atoms with Crippen molar-refractivity contribution < 1.29 is 13.2 Å². The Kier molecular flexibility index (Phi) is 5.19. The van der Waals surface area contributed by atoms with E-state index in [1.165, 1.54) is 19.1 Å². The fourth-order valence-corrected chi connectivity index (χ4v) is 4.13. The summed E-state index contributed by atoms with van der Waals surface area (Å²) in [5, 5.41) is -1.95. The lowest BCUT2D eigenvalue weighted by Gasteiger charge is -2.31. The highest BCUT2D eigenvalue weighted by molar-refractivity contribution is 7.90. The molecular formula is C14H11Cl4NO3S. The van der Waals surface area contributed by atoms with Crippen molar-refractivity contribution in [2.75, 3.05) is 0 Å². The first-order chi connectivity index (χ1) is 10.5. The van der Waals surface area contributed by atoms with Gasteiger partial charge in [-0.25, -0.2) is 0 Å². The van der Waals surface area contributed by atoms with Crippen LogP contribution < -0.4 is 0 Å². The zero-order chi connectivity index (χ0) is 17.6. The molecular weight excluding hydrogens is 404 g/mol. The Bertz CT molecular complexity index is 826. The normalized spacial score (nSPS) is 27.7. The number of benzene rings is 1. The van der Waals surface area contributed by atoms with Crippen LogP contribution in [0.25, 0.3) is 0 Å². The second-order valence-corrected chi connectivity index (χ2v) is 8.74. The number of nitrogens with zero attached hydrogens (tertiary/aromatic N) is 1. The number of rotatable bonds is 2. The highest BCUT2D eigenvalue weighted by Crippen LogP contribution is 2.40. The van der Waals surface area contributed by atoms with Crippen molar-refractivity contribution in [1.82, 2.24) is 0 Å². The van der Waals surface area contributed by atoms with Crippen molar-refractivity contribution in [3.8, 4) is 0 Å². The SMILES string of the molecule is Cc1ccc(S(=O)(=O)N=C2C(Cl)=C(Cl)C(=O)[C@](C)(Cl)[C@H]2Cl)cc1. The third-order valence-electron chi connectivity index (χ3n) is 3.31. The topological polar surface area (TPSA) is 63.6 Å². The molecule has 0 spiro atoms. The Morgan fingerprint density at radius 1 is 1.13 bits per heavy atom. The van der Waals surface area contributed by atoms with Gasteiger partial charge in [0.05, 0.1) is 15.6 Å². The molecule has 0 unspecified atom stereocenters. The van der Waals surface area contributed by atoms with Crippen molar-refractivity contribution in [2.45, 2.75) is 29.0 Å². The van der Waals surface area contributed by atoms with Crippen LogP contribution in [0.3, 0.4) is 0 Å². The van der Waals surface area contributed by atoms with Gasteiger partial charge in [-0.05, 0) is 26.0 Å². The molecule has 2 atom stereocenters. The Morgan fingerprint density at radius 3 is 2.17 bits per heavy atom. The molecule has 0 radical (unpaired) electrons. The Balaban J connectivity index is 2.61. The lowest BCUT2D eigenvalue weighted by molar-refractivity contribution is -0.117. The van der Waals surface area contributed by atoms with Crippen LogP contribution in [0.1, 0.15) is 12.5 Å². The molecule has 1 aliphatic rings. The largest absolute Gasteiger partial charge is 0.291 e. The molecule has 1 aromatic carbocycles. The zero-order valence-electron chi connectivity index (χ0n) is 12.0. The van der Waals surface area contributed by atoms with Crippen LogP contribution in [0.5, 0.6) is 0 Å². The van der Waals surface area contributed by atoms with E-state index in [2.05, 4.69) is 4.40 Å². The van der Waals surface area contributed by atoms with E-state index in [1.807, 2.05) is 6.92 Å². The standard InChI is InChI=1S/C14H11Cl4NO3S/c1-7-3-5-8(6-4-7)23(21,22)19-11-9(15)10(16)13(20)14(2,18)12(11)17/h3-6,12H,1-2H3/t12-,14+/m0/s1. The highest BCUT2D eigenvalue weighted by Gasteiger charge is 2.49. The first-order valence-electron chi connectivity index (χ1n) is 6.33. The third kappa shape index (κ3) is 3.44. The van der Waals surface area contributed by atoms with E-state index in [4.69, 9.17) is 46.4 Å². The predicted molar refractivity (Wildman–Crippen MR) is 93.4 cm³/mol. The molecule has 2 rings (SSSR count). The summed E-state index contributed by atoms with van der Waals surface area (Å²) in [6.07, 6.45) is 0. The fraction of sp³-hybridized carbons (Fsp3) is 0.286. The quantitative estimate of drug-likeness (QED) is 0.687. The van der Waals surface area contributed by atoms with Gasteiger partial charge in [0.15, 0.2) is 5.78 Å². The molecule has 0 amide bonds. The number of carbonyl (C=O) groups excluding carboxylic acids is 1. The van der Waals surface area contributed by atoms with Crippen LogP contribution in [0.2, 0.25) is 0 Å². The summed E-state index contributed by atoms with van der Waals surface area (Å²) in [4.78, 5) is 10.3. The lowest BCUT2D eigenvalue weighted by Crippen LogP contribution is -2.47. The van der Waals surface area contributed by atoms with E-state index in [-0.39, 0.29) is 20.7 Å². The first-order valence-corrected chi connectivity index (χ1v) is 9.34. The maximum atomic E-state index is 12.4. The number of ketones is 1. The van der Waals surface area contributed by atoms with Gasteiger partial charge in [0.2, 0.25) is 0 Å². The number of carbonyl (C=O) groups is 1. The smallest absolute Gasteiger partial charge is 0.282 e. The van der Waals surface area contributed by atoms with Crippen LogP contribution in [-0.4, -0.2) is 30.2 Å². The highest BCUT2D eigenvalue weighted by atomic mass is 35.5. The summed E-state index contributed by atoms with van der Waals surface area (Å²) >= 11 is 24.0. The zero-order valence-corrected chi connectivity index (χ0v) is 15.8. The molecule has 1 aromatic rings. The second kappa shape index (κ2) is 6.37. The number of Topliss-reactive ketones (excluding diaryl/α,β-unsaturated/α-hetero) is 1. The summed E-state index contributed by atoms with van der Waals surface area (Å²) in [6, 6.07) is 6.08. The minimum absolute atomic E-state index is 0.0340. The summed E-state index contributed by atoms with van der Waals surface area (Å²) in [7, 11) is -4.08. The Labute approximate surface area is 154 Å². The van der Waals surface area contributed by atoms with Crippen LogP contribution in [0, 0.1) is 6.92 Å². The van der Waals surface area contributed by atoms with Gasteiger partial charge < -0.3 is 0 Å². The lowest BCUT2D eigenvalue weighted by atomic mass is 9.91. The van der Waals surface area contributed by atoms with E-state index in [0.717, 1.165) is 5.56 Å². The van der Waals surface area contributed by atoms with Crippen LogP contribution in [0.15, 0.2) is 43.6 Å². The third-order valence-corrected chi connectivity index (χ3v) is 6.60. The van der Waals surface area contributed by atoms with Crippen molar-refractivity contribution in [1.29, 1.82) is 0 Å². The van der Waals surface area contributed by atoms with E-state index in [1.54, 1.807) is 12.1 Å². The number of sulfonamides is 1. The van der Waals surface area contributed by atoms with Crippen molar-refractivity contribution in [3.63, 3.8) is 0 Å². The minimum atomic E-state index is -4.08. The van der Waals surface area contributed by atoms with Gasteiger partial charge in [-0.2, -0.15) is 12.8 Å². The molecule has 124 valence electrons. The molecule has 0 N–H and O–H groups in total. The van der Waals surface area contributed by atoms with Crippen molar-refractivity contribution in [2.24, 2.45) is 4.40 Å². The van der Waals surface area contributed by atoms with Crippen molar-refractivity contribution in [3.05, 3.63) is 39.9 Å². The van der Waals surface area contributed by atoms with Gasteiger partial charge in [0, 0.05) is 0 Å². The molecule has 4 nitrogen and oxygen atoms in total. The van der Waals surface area contributed by atoms with E-state index in [9.17, 15) is 13.2 Å². The van der Waals surface area contributed by atoms with E-state index < -0.39 is 26.1 Å². The van der Waals surface area contributed by atoms with Gasteiger partial charge in [-0.3, -0.25) is 4.79 Å². The molecule has 0 saturated carbocycles. The molecule has 0 saturated heterocycles. The maximum absolute atomic E-state index is 12.4. The number of halogens is 4. The van der Waals surface area contributed by atoms with Gasteiger partial charge in [-0.15, -0.1) is 23.2 Å². The summed E-state index contributed by atoms with van der Waals surface area (Å²) in [5.41, 5.74) is 0.639. The molecule has 0 aliphatic heterocycles. The van der Waals surface area contributed by atoms with Crippen LogP contribution in [-0.2, 0) is 14.8 Å². The second-order valence-electron chi connectivity index (χ2n) is 5.16. The van der Waals surface area contributed by atoms with Gasteiger partial charge >= 0.3 is 0 Å². The molecule has 1 aliphatic carbocycles. The van der Waals surface area contributed by atoms with E-state index >= 15 is 0 Å². The Morgan fingerprint density at radius 2 is 1.65 bits per heavy atom. The van der Waals surface area contributed by atoms with Gasteiger partial charge in [0.1, 0.15) is 15.3 Å². The summed E-state index contributed by atoms with van der Waals surface area (Å²) in [6.45, 7) is 3.15. The Hall–Kier alpha value is -0.590. The molecule has 0 bridgehead atoms. The summed E-state index contributed by atoms with van der Waals surface area (Å²) in [5.74, 6) is -0.683. The van der Waals surface area contributed by atoms with Gasteiger partial charge in [0.25, 0.3) is 10.0 Å². The number of hydrogen-bond acceptors (Lipinski definition) is 3. The van der Waals surface area contributed by atoms with Crippen LogP contribution >= 0.6 is 46.4 Å². The fourth-order valence-electron chi connectivity index (χ4n) is 1.89. The first kappa shape index (κ1) is 18.7. The van der Waals surface area contributed by atoms with E-state index in [0.29, 0.717) is 0 Å². The number of aryl methyl sites for hydroxylation is 1. The average molecular weight is 415 g/mol. The monoisotopic (exact) mass is 413 g/mol. The minimum Gasteiger partial charge on any atom is -0.291 e. The molecule has 0 heterocycles. The predicted octanol–water partition coefficient (Wildman–Crippen LogP) is 4.00. The number of allylic oxidation sites excluding steroid dienone is 2. The van der Waals surface area contributed by atoms with Crippen LogP contribution in [0.4, 0.5) is 0 Å². The molecule has 0 fully saturated rings. The van der Waals surface area contributed by atoms with Gasteiger partial charge in [-0.1, -0.05) is 40.9 Å². The van der Waals surface area contributed by atoms with Crippen molar-refractivity contribution >= 4 is 67.9 Å². The average Bonchev–Trinajstić information content (AvgIpc) is 2.49. The number of alkyl halides is 2. The molecule has 9 heteroatoms.